The number of carbonyl (C=O) groups is 1. The number of rotatable bonds is 6. The van der Waals surface area contributed by atoms with Gasteiger partial charge in [0.15, 0.2) is 0 Å². The van der Waals surface area contributed by atoms with Crippen LogP contribution in [0.3, 0.4) is 0 Å². The normalized spacial score (nSPS) is 17.2. The molecule has 0 bridgehead atoms. The first-order chi connectivity index (χ1) is 14.7. The van der Waals surface area contributed by atoms with Crippen molar-refractivity contribution in [2.45, 2.75) is 31.9 Å². The average molecular weight is 403 g/mol. The van der Waals surface area contributed by atoms with Crippen LogP contribution in [-0.2, 0) is 0 Å². The average Bonchev–Trinajstić information content (AvgIpc) is 2.81. The molecular formula is C23H25N5O2. The number of piperidine rings is 1. The van der Waals surface area contributed by atoms with Gasteiger partial charge >= 0.3 is 0 Å². The van der Waals surface area contributed by atoms with Crippen molar-refractivity contribution in [2.24, 2.45) is 0 Å². The van der Waals surface area contributed by atoms with Crippen LogP contribution in [0.5, 0.6) is 5.88 Å². The fourth-order valence-electron chi connectivity index (χ4n) is 3.56. The molecule has 2 atom stereocenters. The minimum atomic E-state index is -0.133. The molecule has 1 aromatic carbocycles. The topological polar surface area (TPSA) is 80.2 Å². The Morgan fingerprint density at radius 3 is 2.63 bits per heavy atom. The second-order valence-corrected chi connectivity index (χ2v) is 7.36. The van der Waals surface area contributed by atoms with E-state index < -0.39 is 0 Å². The first kappa shape index (κ1) is 19.8. The number of nitrogens with one attached hydrogen (secondary N) is 1. The van der Waals surface area contributed by atoms with Gasteiger partial charge in [0, 0.05) is 43.8 Å². The Hall–Kier alpha value is -3.48. The van der Waals surface area contributed by atoms with Gasteiger partial charge in [-0.25, -0.2) is 15.0 Å². The van der Waals surface area contributed by atoms with Gasteiger partial charge in [0.1, 0.15) is 6.10 Å². The van der Waals surface area contributed by atoms with E-state index in [2.05, 4.69) is 25.2 Å². The van der Waals surface area contributed by atoms with Crippen LogP contribution < -0.4 is 15.0 Å². The summed E-state index contributed by atoms with van der Waals surface area (Å²) in [7, 11) is 0. The zero-order valence-electron chi connectivity index (χ0n) is 16.9. The summed E-state index contributed by atoms with van der Waals surface area (Å²) in [5.74, 6) is 1.06. The second-order valence-electron chi connectivity index (χ2n) is 7.36. The zero-order valence-corrected chi connectivity index (χ0v) is 16.9. The highest BCUT2D eigenvalue weighted by molar-refractivity contribution is 5.94. The number of benzene rings is 1. The van der Waals surface area contributed by atoms with E-state index in [0.29, 0.717) is 23.9 Å². The van der Waals surface area contributed by atoms with Crippen molar-refractivity contribution < 1.29 is 9.53 Å². The third-order valence-electron chi connectivity index (χ3n) is 5.16. The number of carbonyl (C=O) groups excluding carboxylic acids is 1. The lowest BCUT2D eigenvalue weighted by Crippen LogP contribution is -2.48. The Balaban J connectivity index is 1.33. The summed E-state index contributed by atoms with van der Waals surface area (Å²) in [5.41, 5.74) is 1.59. The fourth-order valence-corrected chi connectivity index (χ4v) is 3.56. The van der Waals surface area contributed by atoms with Crippen molar-refractivity contribution in [1.29, 1.82) is 0 Å². The molecule has 30 heavy (non-hydrogen) atoms. The van der Waals surface area contributed by atoms with Crippen LogP contribution in [0.4, 0.5) is 5.95 Å². The molecular weight excluding hydrogens is 378 g/mol. The third-order valence-corrected chi connectivity index (χ3v) is 5.16. The van der Waals surface area contributed by atoms with Gasteiger partial charge in [-0.3, -0.25) is 4.79 Å². The number of amides is 1. The van der Waals surface area contributed by atoms with Crippen LogP contribution in [0.25, 0.3) is 0 Å². The Morgan fingerprint density at radius 1 is 1.10 bits per heavy atom. The third kappa shape index (κ3) is 4.92. The predicted molar refractivity (Wildman–Crippen MR) is 114 cm³/mol. The molecule has 0 unspecified atom stereocenters. The maximum Gasteiger partial charge on any atom is 0.253 e. The Morgan fingerprint density at radius 2 is 1.90 bits per heavy atom. The standard InChI is InChI=1S/C23H25N5O2/c1-17(18-7-3-2-4-8-18)30-21-11-10-19(15-26-21)22(29)27-20-9-5-14-28(16-20)23-24-12-6-13-25-23/h2-4,6-8,10-13,15,17,20H,5,9,14,16H2,1H3,(H,27,29)/t17-,20-/m1/s1. The largest absolute Gasteiger partial charge is 0.470 e. The molecule has 0 saturated carbocycles. The monoisotopic (exact) mass is 403 g/mol. The summed E-state index contributed by atoms with van der Waals surface area (Å²) in [5, 5.41) is 3.10. The summed E-state index contributed by atoms with van der Waals surface area (Å²) in [6.07, 6.45) is 6.82. The van der Waals surface area contributed by atoms with E-state index in [1.165, 1.54) is 0 Å². The molecule has 1 saturated heterocycles. The van der Waals surface area contributed by atoms with Gasteiger partial charge in [-0.2, -0.15) is 0 Å². The van der Waals surface area contributed by atoms with E-state index in [1.54, 1.807) is 36.8 Å². The highest BCUT2D eigenvalue weighted by Gasteiger charge is 2.23. The minimum Gasteiger partial charge on any atom is -0.470 e. The van der Waals surface area contributed by atoms with Crippen molar-refractivity contribution in [3.8, 4) is 5.88 Å². The SMILES string of the molecule is C[C@@H](Oc1ccc(C(=O)N[C@@H]2CCCN(c3ncccn3)C2)cn1)c1ccccc1. The lowest BCUT2D eigenvalue weighted by atomic mass is 10.1. The molecule has 1 N–H and O–H groups in total. The quantitative estimate of drug-likeness (QED) is 0.679. The molecule has 3 aromatic rings. The number of aromatic nitrogens is 3. The summed E-state index contributed by atoms with van der Waals surface area (Å²) in [6.45, 7) is 3.56. The fraction of sp³-hybridized carbons (Fsp3) is 0.304. The number of hydrogen-bond acceptors (Lipinski definition) is 6. The van der Waals surface area contributed by atoms with Gasteiger partial charge in [0.2, 0.25) is 11.8 Å². The number of nitrogens with zero attached hydrogens (tertiary/aromatic N) is 4. The van der Waals surface area contributed by atoms with Gasteiger partial charge in [-0.05, 0) is 37.5 Å². The number of anilines is 1. The molecule has 1 aliphatic rings. The van der Waals surface area contributed by atoms with Crippen molar-refractivity contribution in [3.05, 3.63) is 78.2 Å². The van der Waals surface area contributed by atoms with E-state index in [4.69, 9.17) is 4.74 Å². The van der Waals surface area contributed by atoms with E-state index in [0.717, 1.165) is 24.9 Å². The maximum atomic E-state index is 12.7. The first-order valence-corrected chi connectivity index (χ1v) is 10.2. The predicted octanol–water partition coefficient (Wildman–Crippen LogP) is 3.41. The molecule has 3 heterocycles. The van der Waals surface area contributed by atoms with Crippen LogP contribution >= 0.6 is 0 Å². The van der Waals surface area contributed by atoms with E-state index in [-0.39, 0.29) is 18.1 Å². The van der Waals surface area contributed by atoms with Gasteiger partial charge in [-0.15, -0.1) is 0 Å². The number of hydrogen-bond donors (Lipinski definition) is 1. The molecule has 0 spiro atoms. The van der Waals surface area contributed by atoms with E-state index >= 15 is 0 Å². The zero-order chi connectivity index (χ0) is 20.8. The van der Waals surface area contributed by atoms with Crippen LogP contribution in [0.15, 0.2) is 67.1 Å². The lowest BCUT2D eigenvalue weighted by Gasteiger charge is -2.33. The molecule has 2 aromatic heterocycles. The highest BCUT2D eigenvalue weighted by Crippen LogP contribution is 2.20. The number of pyridine rings is 1. The van der Waals surface area contributed by atoms with Crippen molar-refractivity contribution in [3.63, 3.8) is 0 Å². The van der Waals surface area contributed by atoms with Crippen LogP contribution in [-0.4, -0.2) is 40.0 Å². The molecule has 7 heteroatoms. The minimum absolute atomic E-state index is 0.0454. The molecule has 7 nitrogen and oxygen atoms in total. The first-order valence-electron chi connectivity index (χ1n) is 10.2. The molecule has 4 rings (SSSR count). The van der Waals surface area contributed by atoms with Gasteiger partial charge in [0.05, 0.1) is 5.56 Å². The summed E-state index contributed by atoms with van der Waals surface area (Å²) in [4.78, 5) is 27.7. The molecule has 154 valence electrons. The van der Waals surface area contributed by atoms with E-state index in [9.17, 15) is 4.79 Å². The Labute approximate surface area is 176 Å². The summed E-state index contributed by atoms with van der Waals surface area (Å²) < 4.78 is 5.88. The van der Waals surface area contributed by atoms with Gasteiger partial charge < -0.3 is 15.0 Å². The van der Waals surface area contributed by atoms with Crippen LogP contribution in [0.2, 0.25) is 0 Å². The molecule has 1 aliphatic heterocycles. The van der Waals surface area contributed by atoms with Crippen molar-refractivity contribution in [1.82, 2.24) is 20.3 Å². The molecule has 0 aliphatic carbocycles. The smallest absolute Gasteiger partial charge is 0.253 e. The number of ether oxygens (including phenoxy) is 1. The highest BCUT2D eigenvalue weighted by atomic mass is 16.5. The summed E-state index contributed by atoms with van der Waals surface area (Å²) in [6, 6.07) is 15.3. The van der Waals surface area contributed by atoms with Crippen molar-refractivity contribution >= 4 is 11.9 Å². The Kier molecular flexibility index (Phi) is 6.17. The van der Waals surface area contributed by atoms with Crippen molar-refractivity contribution in [2.75, 3.05) is 18.0 Å². The van der Waals surface area contributed by atoms with E-state index in [1.807, 2.05) is 37.3 Å². The van der Waals surface area contributed by atoms with Crippen LogP contribution in [0, 0.1) is 0 Å². The van der Waals surface area contributed by atoms with Crippen LogP contribution in [0.1, 0.15) is 41.8 Å². The molecule has 1 fully saturated rings. The molecule has 0 radical (unpaired) electrons. The van der Waals surface area contributed by atoms with Gasteiger partial charge in [0.25, 0.3) is 5.91 Å². The summed E-state index contributed by atoms with van der Waals surface area (Å²) >= 11 is 0. The maximum absolute atomic E-state index is 12.7. The lowest BCUT2D eigenvalue weighted by molar-refractivity contribution is 0.0932. The molecule has 1 amide bonds. The Bertz CT molecular complexity index is 950. The second kappa shape index (κ2) is 9.35. The van der Waals surface area contributed by atoms with Gasteiger partial charge in [-0.1, -0.05) is 30.3 Å².